The highest BCUT2D eigenvalue weighted by molar-refractivity contribution is 5.58. The molecule has 32 heavy (non-hydrogen) atoms. The number of tetrazole rings is 1. The van der Waals surface area contributed by atoms with Crippen LogP contribution in [0, 0.1) is 6.92 Å². The molecular formula is C22H25N9O. The zero-order chi connectivity index (χ0) is 22.1. The van der Waals surface area contributed by atoms with E-state index < -0.39 is 0 Å². The van der Waals surface area contributed by atoms with Gasteiger partial charge >= 0.3 is 0 Å². The third-order valence-corrected chi connectivity index (χ3v) is 5.77. The number of pyridine rings is 1. The number of ether oxygens (including phenoxy) is 1. The molecule has 0 N–H and O–H groups in total. The van der Waals surface area contributed by atoms with Crippen molar-refractivity contribution in [3.63, 3.8) is 0 Å². The minimum absolute atomic E-state index is 0.00923. The van der Waals surface area contributed by atoms with E-state index in [0.717, 1.165) is 54.4 Å². The molecule has 0 saturated carbocycles. The number of rotatable bonds is 5. The van der Waals surface area contributed by atoms with Crippen molar-refractivity contribution in [3.8, 4) is 23.0 Å². The normalized spacial score (nSPS) is 16.3. The van der Waals surface area contributed by atoms with E-state index in [0.29, 0.717) is 11.7 Å². The molecule has 5 rings (SSSR count). The fourth-order valence-electron chi connectivity index (χ4n) is 4.14. The van der Waals surface area contributed by atoms with E-state index in [-0.39, 0.29) is 6.04 Å². The topological polar surface area (TPSA) is 99.7 Å². The summed E-state index contributed by atoms with van der Waals surface area (Å²) in [4.78, 5) is 8.01. The summed E-state index contributed by atoms with van der Waals surface area (Å²) in [6.45, 7) is 2.91. The first-order valence-electron chi connectivity index (χ1n) is 10.7. The molecular weight excluding hydrogens is 406 g/mol. The van der Waals surface area contributed by atoms with Gasteiger partial charge in [0, 0.05) is 31.4 Å². The fourth-order valence-corrected chi connectivity index (χ4v) is 4.14. The van der Waals surface area contributed by atoms with E-state index in [4.69, 9.17) is 9.84 Å². The van der Waals surface area contributed by atoms with E-state index in [1.54, 1.807) is 18.1 Å². The molecule has 10 heteroatoms. The van der Waals surface area contributed by atoms with Gasteiger partial charge in [-0.1, -0.05) is 12.1 Å². The molecule has 4 aromatic rings. The first-order chi connectivity index (χ1) is 15.6. The van der Waals surface area contributed by atoms with Crippen LogP contribution >= 0.6 is 0 Å². The van der Waals surface area contributed by atoms with Crippen LogP contribution in [0.4, 0.5) is 5.95 Å². The molecule has 0 aliphatic carbocycles. The Labute approximate surface area is 185 Å². The predicted molar refractivity (Wildman–Crippen MR) is 119 cm³/mol. The van der Waals surface area contributed by atoms with Gasteiger partial charge in [-0.25, -0.2) is 4.98 Å². The molecule has 3 aromatic heterocycles. The minimum atomic E-state index is -0.00923. The van der Waals surface area contributed by atoms with Gasteiger partial charge in [-0.2, -0.15) is 0 Å². The van der Waals surface area contributed by atoms with Crippen molar-refractivity contribution in [2.24, 2.45) is 7.05 Å². The fraction of sp³-hybridized carbons (Fsp3) is 0.364. The molecule has 1 aliphatic heterocycles. The van der Waals surface area contributed by atoms with Gasteiger partial charge in [-0.3, -0.25) is 4.57 Å². The Hall–Kier alpha value is -3.82. The van der Waals surface area contributed by atoms with Gasteiger partial charge < -0.3 is 9.64 Å². The predicted octanol–water partition coefficient (Wildman–Crippen LogP) is 2.90. The second-order valence-electron chi connectivity index (χ2n) is 7.95. The second-order valence-corrected chi connectivity index (χ2v) is 7.95. The number of nitrogens with zero attached hydrogens (tertiary/aromatic N) is 9. The lowest BCUT2D eigenvalue weighted by molar-refractivity contribution is 0.398. The van der Waals surface area contributed by atoms with Crippen LogP contribution in [0.2, 0.25) is 0 Å². The van der Waals surface area contributed by atoms with Gasteiger partial charge in [0.05, 0.1) is 18.8 Å². The van der Waals surface area contributed by atoms with Crippen LogP contribution in [-0.2, 0) is 7.05 Å². The summed E-state index contributed by atoms with van der Waals surface area (Å²) in [5, 5.41) is 22.4. The molecule has 1 aromatic carbocycles. The van der Waals surface area contributed by atoms with Crippen molar-refractivity contribution in [3.05, 3.63) is 54.0 Å². The summed E-state index contributed by atoms with van der Waals surface area (Å²) < 4.78 is 7.25. The Morgan fingerprint density at radius 2 is 1.97 bits per heavy atom. The van der Waals surface area contributed by atoms with E-state index in [1.165, 1.54) is 0 Å². The van der Waals surface area contributed by atoms with Gasteiger partial charge in [-0.15, -0.1) is 25.2 Å². The first-order valence-corrected chi connectivity index (χ1v) is 10.7. The Kier molecular flexibility index (Phi) is 5.26. The Morgan fingerprint density at radius 3 is 2.81 bits per heavy atom. The zero-order valence-corrected chi connectivity index (χ0v) is 18.4. The Balaban J connectivity index is 1.46. The van der Waals surface area contributed by atoms with Crippen LogP contribution in [0.15, 0.2) is 42.6 Å². The number of benzene rings is 1. The molecule has 164 valence electrons. The average molecular weight is 432 g/mol. The number of anilines is 1. The second kappa shape index (κ2) is 8.37. The molecule has 1 aliphatic rings. The van der Waals surface area contributed by atoms with Crippen LogP contribution in [-0.4, -0.2) is 53.6 Å². The van der Waals surface area contributed by atoms with E-state index in [2.05, 4.69) is 30.4 Å². The third-order valence-electron chi connectivity index (χ3n) is 5.77. The zero-order valence-electron chi connectivity index (χ0n) is 18.4. The van der Waals surface area contributed by atoms with Gasteiger partial charge in [0.15, 0.2) is 11.6 Å². The van der Waals surface area contributed by atoms with Crippen molar-refractivity contribution in [1.29, 1.82) is 0 Å². The van der Waals surface area contributed by atoms with Gasteiger partial charge in [0.2, 0.25) is 11.8 Å². The van der Waals surface area contributed by atoms with Crippen LogP contribution in [0.5, 0.6) is 5.88 Å². The SMILES string of the molecule is COc1cc(-c2nnc(N3CCCC[C@@H]3c3nnn(-c4cccc(C)c4)n3)n2C)ccn1. The first kappa shape index (κ1) is 20.1. The lowest BCUT2D eigenvalue weighted by Crippen LogP contribution is -2.36. The van der Waals surface area contributed by atoms with Crippen LogP contribution in [0.3, 0.4) is 0 Å². The molecule has 1 saturated heterocycles. The average Bonchev–Trinajstić information content (AvgIpc) is 3.46. The number of hydrogen-bond donors (Lipinski definition) is 0. The molecule has 4 heterocycles. The van der Waals surface area contributed by atoms with Crippen molar-refractivity contribution in [1.82, 2.24) is 40.0 Å². The summed E-state index contributed by atoms with van der Waals surface area (Å²) in [5.41, 5.74) is 2.95. The summed E-state index contributed by atoms with van der Waals surface area (Å²) >= 11 is 0. The molecule has 0 unspecified atom stereocenters. The maximum absolute atomic E-state index is 5.26. The van der Waals surface area contributed by atoms with Gasteiger partial charge in [-0.05, 0) is 55.2 Å². The molecule has 1 fully saturated rings. The largest absolute Gasteiger partial charge is 0.481 e. The highest BCUT2D eigenvalue weighted by Gasteiger charge is 2.31. The lowest BCUT2D eigenvalue weighted by Gasteiger charge is -2.34. The summed E-state index contributed by atoms with van der Waals surface area (Å²) in [5.74, 6) is 2.77. The highest BCUT2D eigenvalue weighted by atomic mass is 16.5. The maximum atomic E-state index is 5.26. The molecule has 0 bridgehead atoms. The Bertz CT molecular complexity index is 1230. The lowest BCUT2D eigenvalue weighted by atomic mass is 10.0. The minimum Gasteiger partial charge on any atom is -0.481 e. The van der Waals surface area contributed by atoms with Crippen molar-refractivity contribution in [2.75, 3.05) is 18.6 Å². The highest BCUT2D eigenvalue weighted by Crippen LogP contribution is 2.34. The number of aromatic nitrogens is 8. The van der Waals surface area contributed by atoms with Crippen molar-refractivity contribution in [2.45, 2.75) is 32.2 Å². The van der Waals surface area contributed by atoms with Crippen LogP contribution < -0.4 is 9.64 Å². The number of aryl methyl sites for hydroxylation is 1. The standard InChI is InChI=1S/C22H25N9O/c1-15-7-6-8-17(13-15)31-27-20(24-28-31)18-9-4-5-12-30(18)22-26-25-21(29(22)2)16-10-11-23-19(14-16)32-3/h6-8,10-11,13-14,18H,4-5,9,12H2,1-3H3/t18-/m1/s1. The number of methoxy groups -OCH3 is 1. The van der Waals surface area contributed by atoms with Crippen molar-refractivity contribution >= 4 is 5.95 Å². The smallest absolute Gasteiger partial charge is 0.227 e. The molecule has 0 spiro atoms. The summed E-state index contributed by atoms with van der Waals surface area (Å²) in [6, 6.07) is 11.8. The summed E-state index contributed by atoms with van der Waals surface area (Å²) in [7, 11) is 3.57. The quantitative estimate of drug-likeness (QED) is 0.476. The monoisotopic (exact) mass is 431 g/mol. The van der Waals surface area contributed by atoms with Gasteiger partial charge in [0.25, 0.3) is 0 Å². The van der Waals surface area contributed by atoms with Gasteiger partial charge in [0.1, 0.15) is 0 Å². The van der Waals surface area contributed by atoms with E-state index in [1.807, 2.05) is 54.9 Å². The molecule has 10 nitrogen and oxygen atoms in total. The molecule has 0 radical (unpaired) electrons. The van der Waals surface area contributed by atoms with Crippen molar-refractivity contribution < 1.29 is 4.74 Å². The summed E-state index contributed by atoms with van der Waals surface area (Å²) in [6.07, 6.45) is 4.82. The van der Waals surface area contributed by atoms with E-state index in [9.17, 15) is 0 Å². The van der Waals surface area contributed by atoms with Crippen LogP contribution in [0.25, 0.3) is 17.1 Å². The molecule has 0 amide bonds. The third kappa shape index (κ3) is 3.68. The van der Waals surface area contributed by atoms with Crippen LogP contribution in [0.1, 0.15) is 36.7 Å². The maximum Gasteiger partial charge on any atom is 0.227 e. The number of hydrogen-bond acceptors (Lipinski definition) is 8. The molecule has 1 atom stereocenters. The number of piperidine rings is 1. The van der Waals surface area contributed by atoms with E-state index >= 15 is 0 Å². The Morgan fingerprint density at radius 1 is 1.06 bits per heavy atom.